The lowest BCUT2D eigenvalue weighted by molar-refractivity contribution is 0.0946. The molecule has 1 aromatic carbocycles. The number of benzene rings is 1. The van der Waals surface area contributed by atoms with Gasteiger partial charge in [-0.05, 0) is 53.9 Å². The van der Waals surface area contributed by atoms with Crippen molar-refractivity contribution in [3.8, 4) is 11.1 Å². The number of hydrogen-bond acceptors (Lipinski definition) is 4. The number of nitrogens with one attached hydrogen (secondary N) is 1. The summed E-state index contributed by atoms with van der Waals surface area (Å²) in [7, 11) is 0. The summed E-state index contributed by atoms with van der Waals surface area (Å²) in [6.07, 6.45) is 1.13. The standard InChI is InChI=1S/C21H27N3O2S/c1-14(2)12-24-8-6-15(13-24)11-23-21(26)17-5-3-4-16(10-17)18-7-9-27-19(18)20(22)25/h3-5,7,9-10,14-15H,6,8,11-13H2,1-2H3,(H2,22,25)(H,23,26)/t15-/m1/s1. The van der Waals surface area contributed by atoms with Crippen LogP contribution in [0.3, 0.4) is 0 Å². The Morgan fingerprint density at radius 2 is 2.15 bits per heavy atom. The van der Waals surface area contributed by atoms with Gasteiger partial charge in [0.05, 0.1) is 4.88 Å². The fourth-order valence-corrected chi connectivity index (χ4v) is 4.43. The van der Waals surface area contributed by atoms with Crippen molar-refractivity contribution in [1.82, 2.24) is 10.2 Å². The highest BCUT2D eigenvalue weighted by atomic mass is 32.1. The lowest BCUT2D eigenvalue weighted by Crippen LogP contribution is -2.31. The molecule has 3 rings (SSSR count). The predicted octanol–water partition coefficient (Wildman–Crippen LogP) is 3.22. The lowest BCUT2D eigenvalue weighted by atomic mass is 10.0. The number of carbonyl (C=O) groups is 2. The Hall–Kier alpha value is -2.18. The quantitative estimate of drug-likeness (QED) is 0.768. The zero-order valence-corrected chi connectivity index (χ0v) is 16.7. The predicted molar refractivity (Wildman–Crippen MR) is 110 cm³/mol. The molecule has 2 amide bonds. The summed E-state index contributed by atoms with van der Waals surface area (Å²) in [4.78, 5) is 27.1. The Morgan fingerprint density at radius 1 is 1.33 bits per heavy atom. The summed E-state index contributed by atoms with van der Waals surface area (Å²) in [6, 6.07) is 9.22. The van der Waals surface area contributed by atoms with E-state index in [0.717, 1.165) is 37.2 Å². The first-order valence-corrected chi connectivity index (χ1v) is 10.3. The molecule has 2 heterocycles. The van der Waals surface area contributed by atoms with Crippen molar-refractivity contribution < 1.29 is 9.59 Å². The van der Waals surface area contributed by atoms with Crippen molar-refractivity contribution in [2.75, 3.05) is 26.2 Å². The number of carbonyl (C=O) groups excluding carboxylic acids is 2. The van der Waals surface area contributed by atoms with Crippen LogP contribution in [0.5, 0.6) is 0 Å². The Kier molecular flexibility index (Phi) is 6.29. The second-order valence-corrected chi connectivity index (χ2v) is 8.54. The second kappa shape index (κ2) is 8.67. The van der Waals surface area contributed by atoms with E-state index < -0.39 is 5.91 Å². The molecular formula is C21H27N3O2S. The highest BCUT2D eigenvalue weighted by Crippen LogP contribution is 2.28. The van der Waals surface area contributed by atoms with Crippen LogP contribution in [-0.2, 0) is 0 Å². The zero-order chi connectivity index (χ0) is 19.4. The van der Waals surface area contributed by atoms with Crippen LogP contribution in [-0.4, -0.2) is 42.9 Å². The summed E-state index contributed by atoms with van der Waals surface area (Å²) in [6.45, 7) is 8.45. The molecule has 0 spiro atoms. The molecule has 1 aliphatic heterocycles. The van der Waals surface area contributed by atoms with Crippen molar-refractivity contribution in [1.29, 1.82) is 0 Å². The van der Waals surface area contributed by atoms with E-state index in [4.69, 9.17) is 5.73 Å². The minimum absolute atomic E-state index is 0.0741. The number of primary amides is 1. The van der Waals surface area contributed by atoms with Gasteiger partial charge in [0.2, 0.25) is 0 Å². The molecule has 144 valence electrons. The Balaban J connectivity index is 1.61. The number of amides is 2. The fraction of sp³-hybridized carbons (Fsp3) is 0.429. The maximum absolute atomic E-state index is 12.6. The number of likely N-dealkylation sites (tertiary alicyclic amines) is 1. The van der Waals surface area contributed by atoms with Crippen LogP contribution in [0.15, 0.2) is 35.7 Å². The first-order valence-electron chi connectivity index (χ1n) is 9.42. The SMILES string of the molecule is CC(C)CN1CC[C@H](CNC(=O)c2cccc(-c3ccsc3C(N)=O)c2)C1. The van der Waals surface area contributed by atoms with Crippen LogP contribution in [0.4, 0.5) is 0 Å². The van der Waals surface area contributed by atoms with Gasteiger partial charge >= 0.3 is 0 Å². The summed E-state index contributed by atoms with van der Waals surface area (Å²) in [5.41, 5.74) is 7.66. The summed E-state index contributed by atoms with van der Waals surface area (Å²) >= 11 is 1.32. The van der Waals surface area contributed by atoms with Crippen molar-refractivity contribution in [2.45, 2.75) is 20.3 Å². The van der Waals surface area contributed by atoms with Gasteiger partial charge in [0.25, 0.3) is 11.8 Å². The molecule has 0 radical (unpaired) electrons. The third-order valence-corrected chi connectivity index (χ3v) is 5.80. The molecule has 1 fully saturated rings. The van der Waals surface area contributed by atoms with Crippen LogP contribution < -0.4 is 11.1 Å². The van der Waals surface area contributed by atoms with E-state index in [9.17, 15) is 9.59 Å². The number of rotatable bonds is 7. The van der Waals surface area contributed by atoms with Crippen LogP contribution in [0.1, 0.15) is 40.3 Å². The van der Waals surface area contributed by atoms with Gasteiger partial charge < -0.3 is 16.0 Å². The summed E-state index contributed by atoms with van der Waals surface area (Å²) < 4.78 is 0. The van der Waals surface area contributed by atoms with Gasteiger partial charge in [0.1, 0.15) is 0 Å². The topological polar surface area (TPSA) is 75.4 Å². The molecule has 1 aromatic heterocycles. The van der Waals surface area contributed by atoms with Crippen molar-refractivity contribution in [3.63, 3.8) is 0 Å². The maximum Gasteiger partial charge on any atom is 0.259 e. The largest absolute Gasteiger partial charge is 0.365 e. The van der Waals surface area contributed by atoms with Crippen LogP contribution in [0.25, 0.3) is 11.1 Å². The van der Waals surface area contributed by atoms with E-state index in [0.29, 0.717) is 28.8 Å². The smallest absolute Gasteiger partial charge is 0.259 e. The molecule has 0 saturated carbocycles. The molecule has 0 bridgehead atoms. The average molecular weight is 386 g/mol. The van der Waals surface area contributed by atoms with E-state index in [1.165, 1.54) is 11.3 Å². The number of hydrogen-bond donors (Lipinski definition) is 2. The lowest BCUT2D eigenvalue weighted by Gasteiger charge is -2.18. The van der Waals surface area contributed by atoms with Gasteiger partial charge in [-0.15, -0.1) is 11.3 Å². The minimum Gasteiger partial charge on any atom is -0.365 e. The molecule has 0 aliphatic carbocycles. The van der Waals surface area contributed by atoms with E-state index in [2.05, 4.69) is 24.1 Å². The normalized spacial score (nSPS) is 17.4. The Bertz CT molecular complexity index is 815. The first kappa shape index (κ1) is 19.6. The van der Waals surface area contributed by atoms with Crippen LogP contribution in [0.2, 0.25) is 0 Å². The van der Waals surface area contributed by atoms with Crippen LogP contribution >= 0.6 is 11.3 Å². The minimum atomic E-state index is -0.443. The van der Waals surface area contributed by atoms with E-state index in [-0.39, 0.29) is 5.91 Å². The van der Waals surface area contributed by atoms with Gasteiger partial charge in [-0.2, -0.15) is 0 Å². The summed E-state index contributed by atoms with van der Waals surface area (Å²) in [5.74, 6) is 0.662. The van der Waals surface area contributed by atoms with Gasteiger partial charge in [-0.1, -0.05) is 26.0 Å². The third kappa shape index (κ3) is 4.96. The molecule has 0 unspecified atom stereocenters. The van der Waals surface area contributed by atoms with Gasteiger partial charge in [-0.25, -0.2) is 0 Å². The highest BCUT2D eigenvalue weighted by Gasteiger charge is 2.23. The molecule has 27 heavy (non-hydrogen) atoms. The Labute approximate surface area is 164 Å². The maximum atomic E-state index is 12.6. The van der Waals surface area contributed by atoms with E-state index in [1.807, 2.05) is 29.6 Å². The third-order valence-electron chi connectivity index (χ3n) is 4.87. The summed E-state index contributed by atoms with van der Waals surface area (Å²) in [5, 5.41) is 4.91. The molecular weight excluding hydrogens is 358 g/mol. The second-order valence-electron chi connectivity index (χ2n) is 7.63. The van der Waals surface area contributed by atoms with Crippen LogP contribution in [0, 0.1) is 11.8 Å². The molecule has 3 N–H and O–H groups in total. The van der Waals surface area contributed by atoms with Crippen molar-refractivity contribution in [3.05, 3.63) is 46.2 Å². The molecule has 2 aromatic rings. The van der Waals surface area contributed by atoms with Crippen molar-refractivity contribution in [2.24, 2.45) is 17.6 Å². The fourth-order valence-electron chi connectivity index (χ4n) is 3.66. The number of nitrogens with zero attached hydrogens (tertiary/aromatic N) is 1. The Morgan fingerprint density at radius 3 is 2.89 bits per heavy atom. The van der Waals surface area contributed by atoms with E-state index in [1.54, 1.807) is 6.07 Å². The first-order chi connectivity index (χ1) is 12.9. The molecule has 1 atom stereocenters. The van der Waals surface area contributed by atoms with Gasteiger partial charge in [0, 0.05) is 30.8 Å². The number of thiophene rings is 1. The zero-order valence-electron chi connectivity index (χ0n) is 15.9. The molecule has 5 nitrogen and oxygen atoms in total. The molecule has 1 aliphatic rings. The number of nitrogens with two attached hydrogens (primary N) is 1. The van der Waals surface area contributed by atoms with Gasteiger partial charge in [-0.3, -0.25) is 9.59 Å². The molecule has 6 heteroatoms. The van der Waals surface area contributed by atoms with E-state index >= 15 is 0 Å². The monoisotopic (exact) mass is 385 g/mol. The average Bonchev–Trinajstić information content (AvgIpc) is 3.28. The van der Waals surface area contributed by atoms with Crippen molar-refractivity contribution >= 4 is 23.2 Å². The highest BCUT2D eigenvalue weighted by molar-refractivity contribution is 7.12. The van der Waals surface area contributed by atoms with Gasteiger partial charge in [0.15, 0.2) is 0 Å². The molecule has 1 saturated heterocycles.